The number of rotatable bonds is 12. The predicted octanol–water partition coefficient (Wildman–Crippen LogP) is 25.5. The van der Waals surface area contributed by atoms with Crippen LogP contribution in [0.2, 0.25) is 26.2 Å². The van der Waals surface area contributed by atoms with E-state index in [1.807, 2.05) is 0 Å². The molecule has 0 amide bonds. The van der Waals surface area contributed by atoms with Crippen LogP contribution in [0.25, 0.3) is 174 Å². The molecule has 0 N–H and O–H groups in total. The Bertz CT molecular complexity index is 6000. The van der Waals surface area contributed by atoms with Crippen LogP contribution in [-0.4, -0.2) is 10.9 Å². The molecular weight excluding hydrogens is 1610 g/mol. The summed E-state index contributed by atoms with van der Waals surface area (Å²) in [6.07, 6.45) is 9.33. The van der Waals surface area contributed by atoms with Crippen molar-refractivity contribution in [1.82, 2.24) is 0 Å². The van der Waals surface area contributed by atoms with Gasteiger partial charge in [0.1, 0.15) is 0 Å². The van der Waals surface area contributed by atoms with Gasteiger partial charge in [0, 0.05) is 0 Å². The maximum Gasteiger partial charge on any atom is -1.00 e. The first-order chi connectivity index (χ1) is 54.9. The summed E-state index contributed by atoms with van der Waals surface area (Å²) < 4.78 is 0. The quantitative estimate of drug-likeness (QED) is 0.0650. The molecule has 20 aromatic carbocycles. The summed E-state index contributed by atoms with van der Waals surface area (Å²) in [4.78, 5) is 0. The Labute approximate surface area is 716 Å². The SMILES string of the molecule is CCCc1cc2c(-c3cccc4c3ccc3ccccc34)cccc2[cH-]1.CCCc1cc2c(-c3cccc4c3ccc3ccccc34)cccc2[cH-]1.CCCc1cc2c(-c3cccc4c3ccc3ccccc34)cccc2[cH-]1.CCCc1cc2c(-c3cccc4c3ccc3ccccc34)cccc2[cH-]1.C[Si](C)=[Zr+2].C[Si](C)=[Zr+2].[Cl-].[Cl-]. The van der Waals surface area contributed by atoms with E-state index in [1.165, 1.54) is 222 Å². The molecular formula is C108H96Cl2Si2Zr2-2. The number of hydrogen-bond acceptors (Lipinski definition) is 0. The summed E-state index contributed by atoms with van der Waals surface area (Å²) in [6, 6.07) is 125. The third kappa shape index (κ3) is 18.1. The van der Waals surface area contributed by atoms with Crippen molar-refractivity contribution < 1.29 is 71.5 Å². The first-order valence-corrected chi connectivity index (χ1v) is 52.6. The minimum absolute atomic E-state index is 0. The third-order valence-corrected chi connectivity index (χ3v) is 21.7. The summed E-state index contributed by atoms with van der Waals surface area (Å²) >= 11 is 3.48. The molecule has 0 saturated carbocycles. The Hall–Kier alpha value is -9.18. The fourth-order valence-electron chi connectivity index (χ4n) is 17.0. The van der Waals surface area contributed by atoms with Gasteiger partial charge in [0.15, 0.2) is 0 Å². The van der Waals surface area contributed by atoms with E-state index in [4.69, 9.17) is 0 Å². The van der Waals surface area contributed by atoms with Gasteiger partial charge in [0.25, 0.3) is 0 Å². The summed E-state index contributed by atoms with van der Waals surface area (Å²) in [7, 11) is 0. The molecule has 0 saturated heterocycles. The zero-order valence-electron chi connectivity index (χ0n) is 66.7. The molecule has 0 aliphatic carbocycles. The largest absolute Gasteiger partial charge is 1.00 e. The minimum Gasteiger partial charge on any atom is -1.00 e. The Kier molecular flexibility index (Phi) is 28.0. The molecule has 114 heavy (non-hydrogen) atoms. The van der Waals surface area contributed by atoms with Crippen LogP contribution in [0.15, 0.2) is 340 Å². The average Bonchev–Trinajstić information content (AvgIpc) is 1.21. The van der Waals surface area contributed by atoms with Crippen molar-refractivity contribution in [3.05, 3.63) is 362 Å². The van der Waals surface area contributed by atoms with Gasteiger partial charge < -0.3 is 24.8 Å². The van der Waals surface area contributed by atoms with Gasteiger partial charge in [-0.2, -0.15) is 24.3 Å². The van der Waals surface area contributed by atoms with Crippen LogP contribution in [0.5, 0.6) is 0 Å². The standard InChI is InChI=1S/4C26H21.2C2H6Si.2ClH.2Zr/c4*1-2-7-18-16-20-9-5-11-24(26(20)17-18)23-13-6-12-22-21-10-4-3-8-19(21)14-15-25(22)23;2*1-3-2;;;;/h4*3-6,8-17H,2,7H2,1H3;2*1-2H3;2*1H;;/q4*-1;;;;;2*+2/p-2. The Morgan fingerprint density at radius 1 is 0.202 bits per heavy atom. The van der Waals surface area contributed by atoms with E-state index >= 15 is 0 Å². The molecule has 0 aliphatic rings. The molecule has 6 heteroatoms. The molecule has 0 nitrogen and oxygen atoms in total. The van der Waals surface area contributed by atoms with Crippen molar-refractivity contribution in [2.75, 3.05) is 0 Å². The second kappa shape index (κ2) is 38.5. The van der Waals surface area contributed by atoms with Crippen molar-refractivity contribution >= 4 is 140 Å². The number of benzene rings is 16. The van der Waals surface area contributed by atoms with Gasteiger partial charge >= 0.3 is 83.7 Å². The summed E-state index contributed by atoms with van der Waals surface area (Å²) in [5.41, 5.74) is 16.9. The zero-order valence-corrected chi connectivity index (χ0v) is 75.2. The van der Waals surface area contributed by atoms with E-state index in [1.54, 1.807) is 46.7 Å². The van der Waals surface area contributed by atoms with Crippen LogP contribution < -0.4 is 24.8 Å². The normalized spacial score (nSPS) is 11.1. The van der Waals surface area contributed by atoms with Crippen LogP contribution in [0, 0.1) is 0 Å². The summed E-state index contributed by atoms with van der Waals surface area (Å²) in [5, 5.41) is 32.0. The number of aryl methyl sites for hydroxylation is 4. The summed E-state index contributed by atoms with van der Waals surface area (Å²) in [6.45, 7) is 18.2. The third-order valence-electron chi connectivity index (χ3n) is 21.7. The van der Waals surface area contributed by atoms with Crippen molar-refractivity contribution in [1.29, 1.82) is 0 Å². The van der Waals surface area contributed by atoms with Gasteiger partial charge in [0.05, 0.1) is 0 Å². The van der Waals surface area contributed by atoms with E-state index in [9.17, 15) is 0 Å². The first-order valence-electron chi connectivity index (χ1n) is 40.3. The van der Waals surface area contributed by atoms with Gasteiger partial charge in [0.2, 0.25) is 0 Å². The fraction of sp³-hybridized carbons (Fsp3) is 0.148. The fourth-order valence-corrected chi connectivity index (χ4v) is 17.0. The molecule has 0 bridgehead atoms. The van der Waals surface area contributed by atoms with Crippen LogP contribution in [0.3, 0.4) is 0 Å². The summed E-state index contributed by atoms with van der Waals surface area (Å²) in [5.74, 6) is 0. The molecule has 0 unspecified atom stereocenters. The first kappa shape index (κ1) is 82.8. The predicted molar refractivity (Wildman–Crippen MR) is 491 cm³/mol. The van der Waals surface area contributed by atoms with Crippen LogP contribution in [0.4, 0.5) is 0 Å². The molecule has 0 heterocycles. The molecule has 0 spiro atoms. The van der Waals surface area contributed by atoms with Crippen LogP contribution in [0.1, 0.15) is 75.6 Å². The molecule has 0 atom stereocenters. The van der Waals surface area contributed by atoms with E-state index in [0.29, 0.717) is 0 Å². The van der Waals surface area contributed by atoms with Crippen molar-refractivity contribution in [3.8, 4) is 44.5 Å². The van der Waals surface area contributed by atoms with Gasteiger partial charge in [-0.3, -0.25) is 0 Å². The van der Waals surface area contributed by atoms with E-state index in [2.05, 4.69) is 394 Å². The number of hydrogen-bond donors (Lipinski definition) is 0. The number of fused-ring (bicyclic) bond motifs is 16. The second-order valence-corrected chi connectivity index (χ2v) is 49.2. The van der Waals surface area contributed by atoms with Crippen molar-refractivity contribution in [3.63, 3.8) is 0 Å². The average molecular weight is 1700 g/mol. The maximum absolute atomic E-state index is 2.38. The van der Waals surface area contributed by atoms with E-state index < -0.39 is 0 Å². The van der Waals surface area contributed by atoms with Crippen molar-refractivity contribution in [2.24, 2.45) is 0 Å². The Morgan fingerprint density at radius 3 is 0.579 bits per heavy atom. The molecule has 0 aliphatic heterocycles. The molecule has 0 fully saturated rings. The van der Waals surface area contributed by atoms with Crippen molar-refractivity contribution in [2.45, 2.75) is 105 Å². The van der Waals surface area contributed by atoms with Crippen LogP contribution in [-0.2, 0) is 72.4 Å². The monoisotopic (exact) mass is 1700 g/mol. The number of halogens is 2. The van der Waals surface area contributed by atoms with Crippen LogP contribution >= 0.6 is 0 Å². The smallest absolute Gasteiger partial charge is 1.00 e. The molecule has 20 rings (SSSR count). The van der Waals surface area contributed by atoms with Gasteiger partial charge in [-0.25, -0.2) is 0 Å². The van der Waals surface area contributed by atoms with E-state index in [-0.39, 0.29) is 35.7 Å². The Balaban J connectivity index is 0.000000128. The van der Waals surface area contributed by atoms with Gasteiger partial charge in [-0.05, 0) is 134 Å². The molecule has 0 aromatic heterocycles. The molecule has 0 radical (unpaired) electrons. The molecule has 20 aromatic rings. The zero-order chi connectivity index (χ0) is 77.2. The molecule has 560 valence electrons. The Morgan fingerprint density at radius 2 is 0.377 bits per heavy atom. The van der Waals surface area contributed by atoms with Gasteiger partial charge in [-0.15, -0.1) is 138 Å². The minimum atomic E-state index is 0. The second-order valence-electron chi connectivity index (χ2n) is 30.4. The topological polar surface area (TPSA) is 0 Å². The maximum atomic E-state index is 2.38. The van der Waals surface area contributed by atoms with E-state index in [0.717, 1.165) is 25.7 Å². The van der Waals surface area contributed by atoms with Gasteiger partial charge in [-0.1, -0.05) is 318 Å².